The zero-order valence-corrected chi connectivity index (χ0v) is 14.4. The number of allylic oxidation sites excluding steroid dienone is 2. The molecule has 0 saturated heterocycles. The summed E-state index contributed by atoms with van der Waals surface area (Å²) in [6, 6.07) is 0. The molecule has 126 valence electrons. The minimum absolute atomic E-state index is 0.0890. The predicted octanol–water partition coefficient (Wildman–Crippen LogP) is 5.34. The summed E-state index contributed by atoms with van der Waals surface area (Å²) in [5, 5.41) is 9.72. The van der Waals surface area contributed by atoms with Crippen LogP contribution in [-0.4, -0.2) is 17.8 Å². The molecule has 0 rings (SSSR count). The highest BCUT2D eigenvalue weighted by Gasteiger charge is 2.00. The van der Waals surface area contributed by atoms with Gasteiger partial charge in [-0.2, -0.15) is 0 Å². The van der Waals surface area contributed by atoms with Crippen LogP contribution in [0.25, 0.3) is 0 Å². The second-order valence-electron chi connectivity index (χ2n) is 6.25. The van der Waals surface area contributed by atoms with Crippen molar-refractivity contribution in [2.45, 2.75) is 103 Å². The maximum absolute atomic E-state index is 9.72. The third-order valence-corrected chi connectivity index (χ3v) is 4.05. The number of aliphatic hydroxyl groups is 1. The van der Waals surface area contributed by atoms with Gasteiger partial charge in [0.15, 0.2) is 0 Å². The largest absolute Gasteiger partial charge is 0.393 e. The van der Waals surface area contributed by atoms with Crippen LogP contribution in [0.1, 0.15) is 96.8 Å². The van der Waals surface area contributed by atoms with Crippen LogP contribution in [0.3, 0.4) is 0 Å². The number of unbranched alkanes of at least 4 members (excludes halogenated alkanes) is 9. The van der Waals surface area contributed by atoms with Gasteiger partial charge < -0.3 is 10.8 Å². The van der Waals surface area contributed by atoms with E-state index in [9.17, 15) is 5.11 Å². The number of hydrogen-bond acceptors (Lipinski definition) is 2. The lowest BCUT2D eigenvalue weighted by Gasteiger charge is -2.07. The summed E-state index contributed by atoms with van der Waals surface area (Å²) < 4.78 is 0. The van der Waals surface area contributed by atoms with E-state index in [1.165, 1.54) is 64.2 Å². The van der Waals surface area contributed by atoms with E-state index in [2.05, 4.69) is 19.1 Å². The molecule has 0 aliphatic rings. The first-order valence-electron chi connectivity index (χ1n) is 9.34. The van der Waals surface area contributed by atoms with Gasteiger partial charge in [-0.1, -0.05) is 70.4 Å². The molecule has 0 aliphatic carbocycles. The quantitative estimate of drug-likeness (QED) is 0.298. The molecule has 3 N–H and O–H groups in total. The Morgan fingerprint density at radius 3 is 1.95 bits per heavy atom. The Kier molecular flexibility index (Phi) is 17.4. The minimum atomic E-state index is -0.0890. The number of rotatable bonds is 16. The highest BCUT2D eigenvalue weighted by Crippen LogP contribution is 2.10. The van der Waals surface area contributed by atoms with Crippen molar-refractivity contribution in [3.8, 4) is 0 Å². The first-order chi connectivity index (χ1) is 10.3. The Morgan fingerprint density at radius 1 is 0.762 bits per heavy atom. The van der Waals surface area contributed by atoms with E-state index in [1.807, 2.05) is 0 Å². The smallest absolute Gasteiger partial charge is 0.0543 e. The van der Waals surface area contributed by atoms with Crippen LogP contribution in [0.15, 0.2) is 12.2 Å². The molecule has 0 heterocycles. The zero-order chi connectivity index (χ0) is 15.6. The van der Waals surface area contributed by atoms with Crippen molar-refractivity contribution in [1.29, 1.82) is 0 Å². The van der Waals surface area contributed by atoms with Crippen LogP contribution in [-0.2, 0) is 0 Å². The van der Waals surface area contributed by atoms with Crippen molar-refractivity contribution in [3.05, 3.63) is 12.2 Å². The molecule has 0 spiro atoms. The second kappa shape index (κ2) is 17.7. The number of hydrogen-bond donors (Lipinski definition) is 2. The fourth-order valence-corrected chi connectivity index (χ4v) is 2.58. The third kappa shape index (κ3) is 17.6. The Balaban J connectivity index is 3.15. The van der Waals surface area contributed by atoms with Crippen molar-refractivity contribution in [2.75, 3.05) is 6.54 Å². The maximum Gasteiger partial charge on any atom is 0.0543 e. The normalized spacial score (nSPS) is 13.1. The van der Waals surface area contributed by atoms with Gasteiger partial charge in [-0.05, 0) is 45.1 Å². The van der Waals surface area contributed by atoms with Crippen molar-refractivity contribution >= 4 is 0 Å². The summed E-state index contributed by atoms with van der Waals surface area (Å²) in [7, 11) is 0. The highest BCUT2D eigenvalue weighted by atomic mass is 16.3. The Labute approximate surface area is 133 Å². The molecule has 0 saturated carbocycles. The van der Waals surface area contributed by atoms with E-state index < -0.39 is 0 Å². The van der Waals surface area contributed by atoms with Crippen LogP contribution in [0.4, 0.5) is 0 Å². The van der Waals surface area contributed by atoms with E-state index in [0.29, 0.717) is 0 Å². The highest BCUT2D eigenvalue weighted by molar-refractivity contribution is 4.82. The summed E-state index contributed by atoms with van der Waals surface area (Å²) in [5.41, 5.74) is 5.48. The van der Waals surface area contributed by atoms with Gasteiger partial charge in [-0.25, -0.2) is 0 Å². The summed E-state index contributed by atoms with van der Waals surface area (Å²) in [5.74, 6) is 0. The van der Waals surface area contributed by atoms with Gasteiger partial charge in [0, 0.05) is 0 Å². The van der Waals surface area contributed by atoms with Crippen molar-refractivity contribution in [3.63, 3.8) is 0 Å². The van der Waals surface area contributed by atoms with Gasteiger partial charge in [0.1, 0.15) is 0 Å². The van der Waals surface area contributed by atoms with E-state index in [0.717, 1.165) is 32.2 Å². The number of nitrogens with two attached hydrogens (primary N) is 1. The minimum Gasteiger partial charge on any atom is -0.393 e. The van der Waals surface area contributed by atoms with Gasteiger partial charge in [0.05, 0.1) is 6.10 Å². The SMILES string of the molecule is CCCCC(O)CC/C=C/CCCCCCCCCCN. The average molecular weight is 298 g/mol. The molecule has 2 heteroatoms. The third-order valence-electron chi connectivity index (χ3n) is 4.05. The molecule has 1 unspecified atom stereocenters. The van der Waals surface area contributed by atoms with Gasteiger partial charge in [-0.15, -0.1) is 0 Å². The van der Waals surface area contributed by atoms with Gasteiger partial charge in [0.2, 0.25) is 0 Å². The fraction of sp³-hybridized carbons (Fsp3) is 0.895. The van der Waals surface area contributed by atoms with E-state index in [4.69, 9.17) is 5.73 Å². The molecule has 21 heavy (non-hydrogen) atoms. The van der Waals surface area contributed by atoms with Gasteiger partial charge in [-0.3, -0.25) is 0 Å². The van der Waals surface area contributed by atoms with E-state index in [1.54, 1.807) is 0 Å². The fourth-order valence-electron chi connectivity index (χ4n) is 2.58. The summed E-state index contributed by atoms with van der Waals surface area (Å²) in [6.07, 6.45) is 21.6. The van der Waals surface area contributed by atoms with Crippen molar-refractivity contribution in [1.82, 2.24) is 0 Å². The Morgan fingerprint density at radius 2 is 1.33 bits per heavy atom. The monoisotopic (exact) mass is 297 g/mol. The molecule has 0 aromatic heterocycles. The van der Waals surface area contributed by atoms with Crippen LogP contribution in [0.5, 0.6) is 0 Å². The van der Waals surface area contributed by atoms with Crippen LogP contribution < -0.4 is 5.73 Å². The molecule has 0 aromatic rings. The molecule has 0 fully saturated rings. The Hall–Kier alpha value is -0.340. The summed E-state index contributed by atoms with van der Waals surface area (Å²) >= 11 is 0. The lowest BCUT2D eigenvalue weighted by Crippen LogP contribution is -2.04. The lowest BCUT2D eigenvalue weighted by molar-refractivity contribution is 0.153. The molecule has 0 amide bonds. The van der Waals surface area contributed by atoms with Gasteiger partial charge in [0.25, 0.3) is 0 Å². The Bertz CT molecular complexity index is 216. The van der Waals surface area contributed by atoms with Crippen LogP contribution >= 0.6 is 0 Å². The molecule has 0 bridgehead atoms. The standard InChI is InChI=1S/C19H39NO/c1-2-3-16-19(21)17-14-12-10-8-6-4-5-7-9-11-13-15-18-20/h10,12,19,21H,2-9,11,13-18,20H2,1H3/b12-10+. The molecule has 0 aliphatic heterocycles. The van der Waals surface area contributed by atoms with E-state index in [-0.39, 0.29) is 6.10 Å². The first kappa shape index (κ1) is 20.7. The molecule has 2 nitrogen and oxygen atoms in total. The van der Waals surface area contributed by atoms with E-state index >= 15 is 0 Å². The average Bonchev–Trinajstić information content (AvgIpc) is 2.49. The first-order valence-corrected chi connectivity index (χ1v) is 9.34. The van der Waals surface area contributed by atoms with Gasteiger partial charge >= 0.3 is 0 Å². The van der Waals surface area contributed by atoms with Crippen LogP contribution in [0, 0.1) is 0 Å². The molecular formula is C19H39NO. The topological polar surface area (TPSA) is 46.2 Å². The second-order valence-corrected chi connectivity index (χ2v) is 6.25. The summed E-state index contributed by atoms with van der Waals surface area (Å²) in [4.78, 5) is 0. The molecule has 0 radical (unpaired) electrons. The van der Waals surface area contributed by atoms with Crippen molar-refractivity contribution < 1.29 is 5.11 Å². The maximum atomic E-state index is 9.72. The van der Waals surface area contributed by atoms with Crippen LogP contribution in [0.2, 0.25) is 0 Å². The van der Waals surface area contributed by atoms with Crippen molar-refractivity contribution in [2.24, 2.45) is 5.73 Å². The number of aliphatic hydroxyl groups excluding tert-OH is 1. The zero-order valence-electron chi connectivity index (χ0n) is 14.4. The lowest BCUT2D eigenvalue weighted by atomic mass is 10.1. The summed E-state index contributed by atoms with van der Waals surface area (Å²) in [6.45, 7) is 3.02. The molecule has 1 atom stereocenters. The molecular weight excluding hydrogens is 258 g/mol. The predicted molar refractivity (Wildman–Crippen MR) is 94.5 cm³/mol. The molecule has 0 aromatic carbocycles.